The molecule has 0 amide bonds. The van der Waals surface area contributed by atoms with E-state index < -0.39 is 9.76 Å². The summed E-state index contributed by atoms with van der Waals surface area (Å²) in [6.07, 6.45) is 5.90. The Kier molecular flexibility index (Phi) is 5.15. The van der Waals surface area contributed by atoms with Gasteiger partial charge in [0.1, 0.15) is 6.10 Å². The summed E-state index contributed by atoms with van der Waals surface area (Å²) in [6, 6.07) is 0. The van der Waals surface area contributed by atoms with Gasteiger partial charge in [-0.1, -0.05) is 13.3 Å². The highest BCUT2D eigenvalue weighted by molar-refractivity contribution is 14.1. The quantitative estimate of drug-likeness (QED) is 0.446. The average molecular weight is 326 g/mol. The number of halogens is 1. The van der Waals surface area contributed by atoms with Gasteiger partial charge in [0.15, 0.2) is 3.61 Å². The van der Waals surface area contributed by atoms with Crippen molar-refractivity contribution >= 4 is 28.7 Å². The van der Waals surface area contributed by atoms with Gasteiger partial charge in [-0.3, -0.25) is 0 Å². The van der Waals surface area contributed by atoms with Crippen LogP contribution in [0.4, 0.5) is 4.79 Å². The van der Waals surface area contributed by atoms with Gasteiger partial charge in [0.2, 0.25) is 0 Å². The lowest BCUT2D eigenvalue weighted by Crippen LogP contribution is -2.28. The van der Waals surface area contributed by atoms with E-state index in [4.69, 9.17) is 9.47 Å². The van der Waals surface area contributed by atoms with Gasteiger partial charge < -0.3 is 9.47 Å². The van der Waals surface area contributed by atoms with Crippen molar-refractivity contribution in [2.24, 2.45) is 0 Å². The van der Waals surface area contributed by atoms with Gasteiger partial charge in [-0.2, -0.15) is 0 Å². The first-order valence-corrected chi connectivity index (χ1v) is 6.70. The van der Waals surface area contributed by atoms with Crippen LogP contribution in [0.1, 0.15) is 52.4 Å². The molecule has 0 aliphatic heterocycles. The fourth-order valence-corrected chi connectivity index (χ4v) is 1.77. The Morgan fingerprint density at radius 1 is 1.40 bits per heavy atom. The van der Waals surface area contributed by atoms with Crippen molar-refractivity contribution in [3.63, 3.8) is 0 Å². The molecule has 0 spiro atoms. The van der Waals surface area contributed by atoms with Crippen molar-refractivity contribution in [2.75, 3.05) is 0 Å². The lowest BCUT2D eigenvalue weighted by Gasteiger charge is -2.25. The van der Waals surface area contributed by atoms with Crippen LogP contribution in [-0.2, 0) is 9.47 Å². The number of alkyl halides is 1. The van der Waals surface area contributed by atoms with Crippen molar-refractivity contribution in [3.8, 4) is 0 Å². The van der Waals surface area contributed by atoms with E-state index >= 15 is 0 Å². The highest BCUT2D eigenvalue weighted by Gasteiger charge is 2.26. The number of carbonyl (C=O) groups is 1. The van der Waals surface area contributed by atoms with Crippen LogP contribution in [0.15, 0.2) is 0 Å². The number of hydrogen-bond acceptors (Lipinski definition) is 3. The fraction of sp³-hybridized carbons (Fsp3) is 0.909. The van der Waals surface area contributed by atoms with Crippen molar-refractivity contribution in [3.05, 3.63) is 0 Å². The van der Waals surface area contributed by atoms with Crippen LogP contribution in [0, 0.1) is 0 Å². The van der Waals surface area contributed by atoms with E-state index in [1.54, 1.807) is 0 Å². The second-order valence-corrected chi connectivity index (χ2v) is 6.47. The second-order valence-electron chi connectivity index (χ2n) is 4.19. The molecule has 0 N–H and O–H groups in total. The van der Waals surface area contributed by atoms with Gasteiger partial charge in [-0.25, -0.2) is 4.79 Å². The van der Waals surface area contributed by atoms with Gasteiger partial charge >= 0.3 is 6.16 Å². The molecule has 0 aromatic carbocycles. The van der Waals surface area contributed by atoms with Crippen molar-refractivity contribution in [2.45, 2.75) is 62.1 Å². The molecule has 0 radical (unpaired) electrons. The Labute approximate surface area is 105 Å². The molecular formula is C11H19IO3. The van der Waals surface area contributed by atoms with E-state index in [0.29, 0.717) is 0 Å². The van der Waals surface area contributed by atoms with Gasteiger partial charge in [0, 0.05) is 0 Å². The molecule has 0 aromatic rings. The summed E-state index contributed by atoms with van der Waals surface area (Å²) in [7, 11) is 0. The maximum Gasteiger partial charge on any atom is 0.509 e. The molecule has 1 fully saturated rings. The summed E-state index contributed by atoms with van der Waals surface area (Å²) in [5.41, 5.74) is 0. The van der Waals surface area contributed by atoms with Crippen LogP contribution >= 0.6 is 22.6 Å². The molecule has 88 valence electrons. The minimum Gasteiger partial charge on any atom is -0.431 e. The van der Waals surface area contributed by atoms with Crippen LogP contribution in [0.2, 0.25) is 0 Å². The summed E-state index contributed by atoms with van der Waals surface area (Å²) >= 11 is 2.13. The molecule has 1 aliphatic carbocycles. The van der Waals surface area contributed by atoms with Crippen LogP contribution in [0.3, 0.4) is 0 Å². The summed E-state index contributed by atoms with van der Waals surface area (Å²) in [4.78, 5) is 11.4. The zero-order valence-electron chi connectivity index (χ0n) is 9.42. The smallest absolute Gasteiger partial charge is 0.431 e. The third kappa shape index (κ3) is 5.04. The largest absolute Gasteiger partial charge is 0.509 e. The normalized spacial score (nSPS) is 21.8. The molecule has 4 heteroatoms. The molecule has 1 aliphatic rings. The Morgan fingerprint density at radius 3 is 2.53 bits per heavy atom. The zero-order chi connectivity index (χ0) is 11.3. The van der Waals surface area contributed by atoms with Gasteiger partial charge in [-0.15, -0.1) is 0 Å². The molecular weight excluding hydrogens is 307 g/mol. The predicted octanol–water partition coefficient (Wildman–Crippen LogP) is 4.03. The molecule has 3 nitrogen and oxygen atoms in total. The second kappa shape index (κ2) is 5.92. The highest BCUT2D eigenvalue weighted by Crippen LogP contribution is 2.26. The van der Waals surface area contributed by atoms with E-state index in [2.05, 4.69) is 22.6 Å². The first kappa shape index (κ1) is 13.1. The Morgan fingerprint density at radius 2 is 2.00 bits per heavy atom. The van der Waals surface area contributed by atoms with Crippen molar-refractivity contribution in [1.82, 2.24) is 0 Å². The number of rotatable bonds is 3. The number of ether oxygens (including phenoxy) is 2. The molecule has 1 unspecified atom stereocenters. The SMILES string of the molecule is CCC(C)(I)OC(=O)OC1CCCCC1. The zero-order valence-corrected chi connectivity index (χ0v) is 11.6. The molecule has 0 aromatic heterocycles. The third-order valence-electron chi connectivity index (χ3n) is 2.74. The Balaban J connectivity index is 2.28. The van der Waals surface area contributed by atoms with E-state index in [-0.39, 0.29) is 6.10 Å². The minimum absolute atomic E-state index is 0.0790. The van der Waals surface area contributed by atoms with E-state index in [0.717, 1.165) is 32.1 Å². The van der Waals surface area contributed by atoms with E-state index in [9.17, 15) is 4.79 Å². The first-order chi connectivity index (χ1) is 7.03. The third-order valence-corrected chi connectivity index (χ3v) is 3.73. The maximum absolute atomic E-state index is 11.4. The topological polar surface area (TPSA) is 35.5 Å². The monoisotopic (exact) mass is 326 g/mol. The Hall–Kier alpha value is 0. The molecule has 1 rings (SSSR count). The standard InChI is InChI=1S/C11H19IO3/c1-3-11(2,12)15-10(13)14-9-7-5-4-6-8-9/h9H,3-8H2,1-2H3. The minimum atomic E-state index is -0.513. The molecule has 0 bridgehead atoms. The van der Waals surface area contributed by atoms with Crippen LogP contribution in [0.5, 0.6) is 0 Å². The van der Waals surface area contributed by atoms with Crippen LogP contribution in [-0.4, -0.2) is 15.9 Å². The van der Waals surface area contributed by atoms with E-state index in [1.807, 2.05) is 13.8 Å². The van der Waals surface area contributed by atoms with Crippen molar-refractivity contribution in [1.29, 1.82) is 0 Å². The average Bonchev–Trinajstić information content (AvgIpc) is 2.18. The summed E-state index contributed by atoms with van der Waals surface area (Å²) < 4.78 is 10.0. The molecule has 1 atom stereocenters. The summed E-state index contributed by atoms with van der Waals surface area (Å²) in [5.74, 6) is 0. The number of hydrogen-bond donors (Lipinski definition) is 0. The Bertz CT molecular complexity index is 210. The lowest BCUT2D eigenvalue weighted by molar-refractivity contribution is -0.0121. The van der Waals surface area contributed by atoms with E-state index in [1.165, 1.54) is 6.42 Å². The summed E-state index contributed by atoms with van der Waals surface area (Å²) in [5, 5.41) is 0. The fourth-order valence-electron chi connectivity index (χ4n) is 1.59. The van der Waals surface area contributed by atoms with Gasteiger partial charge in [0.25, 0.3) is 0 Å². The van der Waals surface area contributed by atoms with Crippen molar-refractivity contribution < 1.29 is 14.3 Å². The lowest BCUT2D eigenvalue weighted by atomic mass is 9.98. The highest BCUT2D eigenvalue weighted by atomic mass is 127. The first-order valence-electron chi connectivity index (χ1n) is 5.62. The maximum atomic E-state index is 11.4. The summed E-state index contributed by atoms with van der Waals surface area (Å²) in [6.45, 7) is 3.87. The van der Waals surface area contributed by atoms with Gasteiger partial charge in [-0.05, 0) is 61.6 Å². The van der Waals surface area contributed by atoms with Gasteiger partial charge in [0.05, 0.1) is 0 Å². The predicted molar refractivity (Wildman–Crippen MR) is 67.2 cm³/mol. The van der Waals surface area contributed by atoms with Crippen LogP contribution < -0.4 is 0 Å². The molecule has 15 heavy (non-hydrogen) atoms. The molecule has 0 saturated heterocycles. The van der Waals surface area contributed by atoms with Crippen LogP contribution in [0.25, 0.3) is 0 Å². The molecule has 1 saturated carbocycles. The number of carbonyl (C=O) groups excluding carboxylic acids is 1. The molecule has 0 heterocycles.